The Bertz CT molecular complexity index is 883. The van der Waals surface area contributed by atoms with Gasteiger partial charge in [0, 0.05) is 13.1 Å². The minimum atomic E-state index is 0.707. The molecule has 2 aromatic heterocycles. The molecule has 0 unspecified atom stereocenters. The maximum Gasteiger partial charge on any atom is 0.168 e. The van der Waals surface area contributed by atoms with Gasteiger partial charge in [0.1, 0.15) is 12.1 Å². The summed E-state index contributed by atoms with van der Waals surface area (Å²) < 4.78 is 1.93. The number of hydrogen-bond donors (Lipinski definition) is 0. The number of nitrogens with zero attached hydrogens (tertiary/aromatic N) is 5. The molecule has 24 heavy (non-hydrogen) atoms. The Morgan fingerprint density at radius 1 is 1.17 bits per heavy atom. The standard InChI is InChI=1S/C19H23N5/c1-13-6-7-17(15(3)9-13)24-19-16(10-22-24)18(20-12-21-19)23-8-4-5-14(2)11-23/h6-7,9-10,12,14H,4-5,8,11H2,1-3H3/t14-/m1/s1. The molecule has 1 atom stereocenters. The minimum Gasteiger partial charge on any atom is -0.356 e. The second-order valence-electron chi connectivity index (χ2n) is 6.97. The molecule has 0 bridgehead atoms. The maximum absolute atomic E-state index is 4.62. The van der Waals surface area contributed by atoms with E-state index in [9.17, 15) is 0 Å². The number of aromatic nitrogens is 4. The van der Waals surface area contributed by atoms with Gasteiger partial charge in [0.15, 0.2) is 5.65 Å². The Kier molecular flexibility index (Phi) is 3.71. The molecule has 0 aliphatic carbocycles. The molecule has 5 nitrogen and oxygen atoms in total. The van der Waals surface area contributed by atoms with E-state index in [0.717, 1.165) is 35.6 Å². The largest absolute Gasteiger partial charge is 0.356 e. The normalized spacial score (nSPS) is 18.3. The summed E-state index contributed by atoms with van der Waals surface area (Å²) in [5, 5.41) is 5.65. The van der Waals surface area contributed by atoms with E-state index >= 15 is 0 Å². The van der Waals surface area contributed by atoms with Crippen molar-refractivity contribution in [2.45, 2.75) is 33.6 Å². The van der Waals surface area contributed by atoms with E-state index in [1.54, 1.807) is 6.33 Å². The predicted molar refractivity (Wildman–Crippen MR) is 96.7 cm³/mol. The second-order valence-corrected chi connectivity index (χ2v) is 6.97. The summed E-state index contributed by atoms with van der Waals surface area (Å²) in [5.41, 5.74) is 4.41. The van der Waals surface area contributed by atoms with Crippen LogP contribution in [-0.4, -0.2) is 32.8 Å². The topological polar surface area (TPSA) is 46.8 Å². The first kappa shape index (κ1) is 15.1. The highest BCUT2D eigenvalue weighted by molar-refractivity contribution is 5.87. The van der Waals surface area contributed by atoms with Crippen molar-refractivity contribution >= 4 is 16.9 Å². The Morgan fingerprint density at radius 2 is 2.04 bits per heavy atom. The molecule has 124 valence electrons. The van der Waals surface area contributed by atoms with E-state index in [1.165, 1.54) is 24.0 Å². The van der Waals surface area contributed by atoms with Crippen LogP contribution in [0.3, 0.4) is 0 Å². The van der Waals surface area contributed by atoms with Crippen molar-refractivity contribution in [3.63, 3.8) is 0 Å². The van der Waals surface area contributed by atoms with Gasteiger partial charge in [-0.15, -0.1) is 0 Å². The lowest BCUT2D eigenvalue weighted by molar-refractivity contribution is 0.445. The monoisotopic (exact) mass is 321 g/mol. The molecule has 1 aromatic carbocycles. The van der Waals surface area contributed by atoms with E-state index in [1.807, 2.05) is 10.9 Å². The number of benzene rings is 1. The van der Waals surface area contributed by atoms with Crippen molar-refractivity contribution in [1.82, 2.24) is 19.7 Å². The van der Waals surface area contributed by atoms with Crippen LogP contribution in [-0.2, 0) is 0 Å². The van der Waals surface area contributed by atoms with E-state index in [-0.39, 0.29) is 0 Å². The average molecular weight is 321 g/mol. The molecule has 3 heterocycles. The third kappa shape index (κ3) is 2.54. The molecular weight excluding hydrogens is 298 g/mol. The number of anilines is 1. The van der Waals surface area contributed by atoms with Crippen molar-refractivity contribution in [1.29, 1.82) is 0 Å². The zero-order valence-electron chi connectivity index (χ0n) is 14.5. The smallest absolute Gasteiger partial charge is 0.168 e. The predicted octanol–water partition coefficient (Wildman–Crippen LogP) is 3.67. The molecule has 0 amide bonds. The zero-order valence-corrected chi connectivity index (χ0v) is 14.5. The molecule has 5 heteroatoms. The lowest BCUT2D eigenvalue weighted by Crippen LogP contribution is -2.34. The molecular formula is C19H23N5. The Hall–Kier alpha value is -2.43. The summed E-state index contributed by atoms with van der Waals surface area (Å²) in [5.74, 6) is 1.72. The highest BCUT2D eigenvalue weighted by atomic mass is 15.3. The summed E-state index contributed by atoms with van der Waals surface area (Å²) in [6.45, 7) is 8.65. The molecule has 4 rings (SSSR count). The van der Waals surface area contributed by atoms with Gasteiger partial charge >= 0.3 is 0 Å². The summed E-state index contributed by atoms with van der Waals surface area (Å²) in [6, 6.07) is 6.41. The first-order valence-corrected chi connectivity index (χ1v) is 8.65. The third-order valence-corrected chi connectivity index (χ3v) is 4.88. The zero-order chi connectivity index (χ0) is 16.7. The molecule has 0 radical (unpaired) electrons. The van der Waals surface area contributed by atoms with Crippen LogP contribution in [0.1, 0.15) is 30.9 Å². The molecule has 1 saturated heterocycles. The van der Waals surface area contributed by atoms with Gasteiger partial charge in [0.05, 0.1) is 17.3 Å². The van der Waals surface area contributed by atoms with E-state index < -0.39 is 0 Å². The fourth-order valence-electron chi connectivity index (χ4n) is 3.68. The second kappa shape index (κ2) is 5.89. The van der Waals surface area contributed by atoms with Crippen LogP contribution in [0.4, 0.5) is 5.82 Å². The molecule has 1 fully saturated rings. The number of fused-ring (bicyclic) bond motifs is 1. The summed E-state index contributed by atoms with van der Waals surface area (Å²) >= 11 is 0. The van der Waals surface area contributed by atoms with Crippen molar-refractivity contribution in [3.05, 3.63) is 41.9 Å². The quantitative estimate of drug-likeness (QED) is 0.722. The summed E-state index contributed by atoms with van der Waals surface area (Å²) in [4.78, 5) is 11.5. The van der Waals surface area contributed by atoms with Crippen molar-refractivity contribution in [3.8, 4) is 5.69 Å². The SMILES string of the molecule is Cc1ccc(-n2ncc3c(N4CCC[C@@H](C)C4)ncnc32)c(C)c1. The number of aryl methyl sites for hydroxylation is 2. The summed E-state index contributed by atoms with van der Waals surface area (Å²) in [7, 11) is 0. The van der Waals surface area contributed by atoms with Crippen LogP contribution in [0.2, 0.25) is 0 Å². The Morgan fingerprint density at radius 3 is 2.83 bits per heavy atom. The van der Waals surface area contributed by atoms with Crippen LogP contribution in [0.5, 0.6) is 0 Å². The molecule has 3 aromatic rings. The van der Waals surface area contributed by atoms with Crippen LogP contribution in [0.25, 0.3) is 16.7 Å². The van der Waals surface area contributed by atoms with Crippen LogP contribution < -0.4 is 4.90 Å². The van der Waals surface area contributed by atoms with Gasteiger partial charge in [-0.2, -0.15) is 5.10 Å². The highest BCUT2D eigenvalue weighted by Crippen LogP contribution is 2.28. The van der Waals surface area contributed by atoms with Crippen molar-refractivity contribution in [2.75, 3.05) is 18.0 Å². The van der Waals surface area contributed by atoms with Gasteiger partial charge in [0.2, 0.25) is 0 Å². The summed E-state index contributed by atoms with van der Waals surface area (Å²) in [6.07, 6.45) is 6.09. The van der Waals surface area contributed by atoms with Crippen LogP contribution in [0, 0.1) is 19.8 Å². The van der Waals surface area contributed by atoms with Crippen LogP contribution >= 0.6 is 0 Å². The van der Waals surface area contributed by atoms with Gasteiger partial charge in [-0.25, -0.2) is 14.6 Å². The average Bonchev–Trinajstić information content (AvgIpc) is 2.99. The number of hydrogen-bond acceptors (Lipinski definition) is 4. The fourth-order valence-corrected chi connectivity index (χ4v) is 3.68. The van der Waals surface area contributed by atoms with E-state index in [4.69, 9.17) is 0 Å². The first-order valence-electron chi connectivity index (χ1n) is 8.65. The van der Waals surface area contributed by atoms with Gasteiger partial charge < -0.3 is 4.90 Å². The van der Waals surface area contributed by atoms with Gasteiger partial charge in [-0.3, -0.25) is 0 Å². The molecule has 1 aliphatic heterocycles. The van der Waals surface area contributed by atoms with E-state index in [0.29, 0.717) is 5.92 Å². The fraction of sp³-hybridized carbons (Fsp3) is 0.421. The van der Waals surface area contributed by atoms with Gasteiger partial charge in [-0.05, 0) is 44.2 Å². The Balaban J connectivity index is 1.82. The lowest BCUT2D eigenvalue weighted by Gasteiger charge is -2.31. The Labute approximate surface area is 142 Å². The lowest BCUT2D eigenvalue weighted by atomic mass is 10.0. The molecule has 0 saturated carbocycles. The first-order chi connectivity index (χ1) is 11.6. The van der Waals surface area contributed by atoms with Gasteiger partial charge in [0.25, 0.3) is 0 Å². The van der Waals surface area contributed by atoms with Crippen molar-refractivity contribution in [2.24, 2.45) is 5.92 Å². The number of piperidine rings is 1. The molecule has 0 spiro atoms. The molecule has 0 N–H and O–H groups in total. The number of rotatable bonds is 2. The third-order valence-electron chi connectivity index (χ3n) is 4.88. The van der Waals surface area contributed by atoms with Crippen LogP contribution in [0.15, 0.2) is 30.7 Å². The van der Waals surface area contributed by atoms with E-state index in [2.05, 4.69) is 58.9 Å². The molecule has 1 aliphatic rings. The van der Waals surface area contributed by atoms with Gasteiger partial charge in [-0.1, -0.05) is 24.6 Å². The highest BCUT2D eigenvalue weighted by Gasteiger charge is 2.21. The minimum absolute atomic E-state index is 0.707. The maximum atomic E-state index is 4.62. The van der Waals surface area contributed by atoms with Crippen molar-refractivity contribution < 1.29 is 0 Å².